The van der Waals surface area contributed by atoms with Crippen LogP contribution in [0.25, 0.3) is 0 Å². The molecule has 2 aliphatic heterocycles. The minimum absolute atomic E-state index is 0. The monoisotopic (exact) mass is 327 g/mol. The van der Waals surface area contributed by atoms with Gasteiger partial charge in [0, 0.05) is 13.1 Å². The zero-order valence-electron chi connectivity index (χ0n) is 13.4. The van der Waals surface area contributed by atoms with E-state index in [1.807, 2.05) is 15.8 Å². The minimum Gasteiger partial charge on any atom is -0.337 e. The Morgan fingerprint density at radius 2 is 1.86 bits per heavy atom. The van der Waals surface area contributed by atoms with Crippen molar-refractivity contribution in [2.75, 3.05) is 26.2 Å². The summed E-state index contributed by atoms with van der Waals surface area (Å²) in [7, 11) is 0. The van der Waals surface area contributed by atoms with Crippen LogP contribution in [0.15, 0.2) is 6.20 Å². The van der Waals surface area contributed by atoms with Crippen molar-refractivity contribution < 1.29 is 4.79 Å². The molecule has 2 fully saturated rings. The first kappa shape index (κ1) is 17.2. The fourth-order valence-corrected chi connectivity index (χ4v) is 3.62. The van der Waals surface area contributed by atoms with Crippen LogP contribution in [-0.4, -0.2) is 52.0 Å². The molecule has 124 valence electrons. The number of piperidine rings is 2. The van der Waals surface area contributed by atoms with Gasteiger partial charge in [-0.05, 0) is 44.2 Å². The molecule has 3 heterocycles. The average molecular weight is 328 g/mol. The van der Waals surface area contributed by atoms with Gasteiger partial charge in [-0.2, -0.15) is 0 Å². The highest BCUT2D eigenvalue weighted by molar-refractivity contribution is 5.92. The number of hydrogen-bond acceptors (Lipinski definition) is 4. The maximum Gasteiger partial charge on any atom is 0.276 e. The van der Waals surface area contributed by atoms with Crippen molar-refractivity contribution >= 4 is 18.3 Å². The Balaban J connectivity index is 0.00000176. The van der Waals surface area contributed by atoms with Gasteiger partial charge < -0.3 is 10.2 Å². The van der Waals surface area contributed by atoms with Crippen LogP contribution in [0.5, 0.6) is 0 Å². The summed E-state index contributed by atoms with van der Waals surface area (Å²) in [6.07, 6.45) is 5.14. The molecule has 1 N–H and O–H groups in total. The first-order chi connectivity index (χ1) is 10.1. The third-order valence-corrected chi connectivity index (χ3v) is 4.57. The van der Waals surface area contributed by atoms with E-state index in [2.05, 4.69) is 29.5 Å². The van der Waals surface area contributed by atoms with E-state index < -0.39 is 0 Å². The van der Waals surface area contributed by atoms with Crippen LogP contribution in [0.2, 0.25) is 0 Å². The lowest BCUT2D eigenvalue weighted by Crippen LogP contribution is -2.42. The molecule has 0 radical (unpaired) electrons. The van der Waals surface area contributed by atoms with Gasteiger partial charge in [-0.3, -0.25) is 4.79 Å². The van der Waals surface area contributed by atoms with Gasteiger partial charge in [0.05, 0.1) is 12.2 Å². The Bertz CT molecular complexity index is 490. The summed E-state index contributed by atoms with van der Waals surface area (Å²) in [5, 5.41) is 11.6. The number of rotatable bonds is 2. The molecule has 3 rings (SSSR count). The van der Waals surface area contributed by atoms with E-state index in [0.29, 0.717) is 23.6 Å². The molecule has 22 heavy (non-hydrogen) atoms. The van der Waals surface area contributed by atoms with Crippen LogP contribution in [-0.2, 0) is 0 Å². The summed E-state index contributed by atoms with van der Waals surface area (Å²) in [5.41, 5.74) is 0.495. The van der Waals surface area contributed by atoms with Crippen LogP contribution in [0, 0.1) is 11.8 Å². The summed E-state index contributed by atoms with van der Waals surface area (Å²) in [6.45, 7) is 8.11. The van der Waals surface area contributed by atoms with Gasteiger partial charge >= 0.3 is 0 Å². The number of carbonyl (C=O) groups is 1. The molecule has 0 aliphatic carbocycles. The van der Waals surface area contributed by atoms with Crippen molar-refractivity contribution in [1.82, 2.24) is 25.2 Å². The van der Waals surface area contributed by atoms with Crippen LogP contribution < -0.4 is 5.32 Å². The van der Waals surface area contributed by atoms with Gasteiger partial charge in [-0.15, -0.1) is 17.5 Å². The number of aromatic nitrogens is 3. The van der Waals surface area contributed by atoms with Gasteiger partial charge in [0.2, 0.25) is 0 Å². The summed E-state index contributed by atoms with van der Waals surface area (Å²) in [6, 6.07) is 0.375. The molecule has 1 aromatic rings. The highest BCUT2D eigenvalue weighted by atomic mass is 35.5. The molecule has 2 aliphatic rings. The second-order valence-corrected chi connectivity index (χ2v) is 6.72. The summed E-state index contributed by atoms with van der Waals surface area (Å²) in [5.74, 6) is 1.17. The average Bonchev–Trinajstić information content (AvgIpc) is 2.96. The zero-order chi connectivity index (χ0) is 14.8. The molecule has 2 saturated heterocycles. The maximum absolute atomic E-state index is 12.6. The highest BCUT2D eigenvalue weighted by Crippen LogP contribution is 2.23. The molecular formula is C15H26ClN5O. The SMILES string of the molecule is CC1CC(C)CN(C(=O)c2cn(C3CCNCC3)nn2)C1.Cl. The van der Waals surface area contributed by atoms with Crippen LogP contribution in [0.3, 0.4) is 0 Å². The number of hydrogen-bond donors (Lipinski definition) is 1. The van der Waals surface area contributed by atoms with E-state index in [1.165, 1.54) is 6.42 Å². The number of carbonyl (C=O) groups excluding carboxylic acids is 1. The van der Waals surface area contributed by atoms with E-state index in [-0.39, 0.29) is 18.3 Å². The molecular weight excluding hydrogens is 302 g/mol. The van der Waals surface area contributed by atoms with E-state index in [4.69, 9.17) is 0 Å². The molecule has 1 aromatic heterocycles. The van der Waals surface area contributed by atoms with Gasteiger partial charge in [0.25, 0.3) is 5.91 Å². The predicted molar refractivity (Wildman–Crippen MR) is 87.3 cm³/mol. The second-order valence-electron chi connectivity index (χ2n) is 6.72. The topological polar surface area (TPSA) is 63.1 Å². The zero-order valence-corrected chi connectivity index (χ0v) is 14.2. The third-order valence-electron chi connectivity index (χ3n) is 4.57. The number of nitrogens with one attached hydrogen (secondary N) is 1. The van der Waals surface area contributed by atoms with Gasteiger partial charge in [-0.25, -0.2) is 4.68 Å². The first-order valence-corrected chi connectivity index (χ1v) is 8.05. The molecule has 2 unspecified atom stereocenters. The lowest BCUT2D eigenvalue weighted by Gasteiger charge is -2.34. The standard InChI is InChI=1S/C15H25N5O.ClH/c1-11-7-12(2)9-19(8-11)15(21)14-10-20(18-17-14)13-3-5-16-6-4-13;/h10-13,16H,3-9H2,1-2H3;1H. The highest BCUT2D eigenvalue weighted by Gasteiger charge is 2.28. The molecule has 1 amide bonds. The Kier molecular flexibility index (Phi) is 5.81. The van der Waals surface area contributed by atoms with Crippen LogP contribution in [0.1, 0.15) is 49.6 Å². The Morgan fingerprint density at radius 3 is 2.50 bits per heavy atom. The quantitative estimate of drug-likeness (QED) is 0.898. The fraction of sp³-hybridized carbons (Fsp3) is 0.800. The lowest BCUT2D eigenvalue weighted by atomic mass is 9.92. The molecule has 0 spiro atoms. The number of likely N-dealkylation sites (tertiary alicyclic amines) is 1. The van der Waals surface area contributed by atoms with Crippen molar-refractivity contribution in [2.45, 2.75) is 39.2 Å². The fourth-order valence-electron chi connectivity index (χ4n) is 3.62. The van der Waals surface area contributed by atoms with Crippen LogP contribution >= 0.6 is 12.4 Å². The summed E-state index contributed by atoms with van der Waals surface area (Å²) in [4.78, 5) is 14.5. The van der Waals surface area contributed by atoms with Crippen LogP contribution in [0.4, 0.5) is 0 Å². The molecule has 0 aromatic carbocycles. The number of halogens is 1. The molecule has 0 bridgehead atoms. The smallest absolute Gasteiger partial charge is 0.276 e. The molecule has 7 heteroatoms. The largest absolute Gasteiger partial charge is 0.337 e. The Labute approximate surface area is 138 Å². The molecule has 2 atom stereocenters. The van der Waals surface area contributed by atoms with E-state index in [1.54, 1.807) is 0 Å². The van der Waals surface area contributed by atoms with Crippen molar-refractivity contribution in [3.63, 3.8) is 0 Å². The van der Waals surface area contributed by atoms with E-state index in [9.17, 15) is 4.79 Å². The number of nitrogens with zero attached hydrogens (tertiary/aromatic N) is 4. The normalized spacial score (nSPS) is 26.5. The Morgan fingerprint density at radius 1 is 1.23 bits per heavy atom. The first-order valence-electron chi connectivity index (χ1n) is 8.05. The van der Waals surface area contributed by atoms with Gasteiger partial charge in [-0.1, -0.05) is 19.1 Å². The summed E-state index contributed by atoms with van der Waals surface area (Å²) >= 11 is 0. The summed E-state index contributed by atoms with van der Waals surface area (Å²) < 4.78 is 1.88. The lowest BCUT2D eigenvalue weighted by molar-refractivity contribution is 0.0617. The van der Waals surface area contributed by atoms with Gasteiger partial charge in [0.15, 0.2) is 5.69 Å². The van der Waals surface area contributed by atoms with Crippen molar-refractivity contribution in [3.05, 3.63) is 11.9 Å². The maximum atomic E-state index is 12.6. The molecule has 6 nitrogen and oxygen atoms in total. The van der Waals surface area contributed by atoms with E-state index >= 15 is 0 Å². The van der Waals surface area contributed by atoms with Crippen molar-refractivity contribution in [2.24, 2.45) is 11.8 Å². The third kappa shape index (κ3) is 3.79. The van der Waals surface area contributed by atoms with Crippen molar-refractivity contribution in [1.29, 1.82) is 0 Å². The Hall–Kier alpha value is -1.14. The number of amides is 1. The minimum atomic E-state index is 0. The predicted octanol–water partition coefficient (Wildman–Crippen LogP) is 1.74. The molecule has 0 saturated carbocycles. The van der Waals surface area contributed by atoms with Gasteiger partial charge in [0.1, 0.15) is 0 Å². The van der Waals surface area contributed by atoms with Crippen molar-refractivity contribution in [3.8, 4) is 0 Å². The second kappa shape index (κ2) is 7.42. The van der Waals surface area contributed by atoms with E-state index in [0.717, 1.165) is 39.0 Å².